The van der Waals surface area contributed by atoms with Gasteiger partial charge in [0.15, 0.2) is 11.6 Å². The molecule has 7 heteroatoms. The summed E-state index contributed by atoms with van der Waals surface area (Å²) in [5.41, 5.74) is 5.24. The van der Waals surface area contributed by atoms with E-state index in [1.165, 1.54) is 7.11 Å². The molecule has 2 aromatic carbocycles. The summed E-state index contributed by atoms with van der Waals surface area (Å²) in [6.07, 6.45) is 5.03. The molecule has 0 saturated carbocycles. The molecule has 0 fully saturated rings. The quantitative estimate of drug-likeness (QED) is 0.368. The van der Waals surface area contributed by atoms with E-state index < -0.39 is 0 Å². The Balaban J connectivity index is 1.47. The maximum atomic E-state index is 14.3. The van der Waals surface area contributed by atoms with Crippen molar-refractivity contribution in [3.63, 3.8) is 0 Å². The first-order chi connectivity index (χ1) is 17.1. The predicted octanol–water partition coefficient (Wildman–Crippen LogP) is 5.27. The molecule has 0 saturated heterocycles. The molecule has 178 valence electrons. The van der Waals surface area contributed by atoms with Gasteiger partial charge in [-0.2, -0.15) is 0 Å². The number of hydrogen-bond donors (Lipinski definition) is 0. The number of para-hydroxylation sites is 1. The lowest BCUT2D eigenvalue weighted by Gasteiger charge is -2.33. The predicted molar refractivity (Wildman–Crippen MR) is 136 cm³/mol. The van der Waals surface area contributed by atoms with E-state index in [0.717, 1.165) is 52.7 Å². The number of methoxy groups -OCH3 is 1. The Bertz CT molecular complexity index is 1300. The number of anilines is 3. The fraction of sp³-hybridized carbons (Fsp3) is 0.250. The Kier molecular flexibility index (Phi) is 6.57. The smallest absolute Gasteiger partial charge is 0.165 e. The van der Waals surface area contributed by atoms with Crippen LogP contribution in [0.5, 0.6) is 5.75 Å². The summed E-state index contributed by atoms with van der Waals surface area (Å²) in [6, 6.07) is 19.5. The average Bonchev–Trinajstić information content (AvgIpc) is 2.90. The van der Waals surface area contributed by atoms with Crippen molar-refractivity contribution in [2.75, 3.05) is 30.0 Å². The van der Waals surface area contributed by atoms with Crippen LogP contribution in [0.4, 0.5) is 21.7 Å². The second-order valence-electron chi connectivity index (χ2n) is 8.69. The second kappa shape index (κ2) is 10.1. The first kappa shape index (κ1) is 22.8. The molecule has 0 amide bonds. The number of nitrogens with zero attached hydrogens (tertiary/aromatic N) is 5. The lowest BCUT2D eigenvalue weighted by molar-refractivity contribution is 0.386. The van der Waals surface area contributed by atoms with Crippen LogP contribution in [-0.2, 0) is 19.4 Å². The molecule has 35 heavy (non-hydrogen) atoms. The normalized spacial score (nSPS) is 12.8. The zero-order chi connectivity index (χ0) is 24.2. The number of ether oxygens (including phenoxy) is 1. The molecular formula is C28H28FN5O. The van der Waals surface area contributed by atoms with E-state index >= 15 is 0 Å². The molecule has 6 nitrogen and oxygen atoms in total. The molecule has 1 aliphatic rings. The number of aryl methyl sites for hydroxylation is 1. The maximum Gasteiger partial charge on any atom is 0.165 e. The van der Waals surface area contributed by atoms with Crippen molar-refractivity contribution < 1.29 is 9.13 Å². The van der Waals surface area contributed by atoms with Gasteiger partial charge >= 0.3 is 0 Å². The van der Waals surface area contributed by atoms with Crippen molar-refractivity contribution in [2.24, 2.45) is 0 Å². The summed E-state index contributed by atoms with van der Waals surface area (Å²) in [4.78, 5) is 18.4. The van der Waals surface area contributed by atoms with Gasteiger partial charge in [-0.3, -0.25) is 0 Å². The van der Waals surface area contributed by atoms with E-state index in [9.17, 15) is 4.39 Å². The highest BCUT2D eigenvalue weighted by Gasteiger charge is 2.25. The molecule has 3 heterocycles. The average molecular weight is 470 g/mol. The van der Waals surface area contributed by atoms with Crippen LogP contribution in [0.25, 0.3) is 0 Å². The molecule has 0 bridgehead atoms. The first-order valence-corrected chi connectivity index (χ1v) is 11.8. The topological polar surface area (TPSA) is 54.4 Å². The van der Waals surface area contributed by atoms with Crippen LogP contribution in [0.15, 0.2) is 73.2 Å². The van der Waals surface area contributed by atoms with E-state index in [0.29, 0.717) is 19.5 Å². The minimum Gasteiger partial charge on any atom is -0.494 e. The number of rotatable bonds is 7. The van der Waals surface area contributed by atoms with Crippen LogP contribution in [0, 0.1) is 12.7 Å². The lowest BCUT2D eigenvalue weighted by Crippen LogP contribution is -2.34. The number of fused-ring (bicyclic) bond motifs is 1. The van der Waals surface area contributed by atoms with E-state index in [-0.39, 0.29) is 11.6 Å². The van der Waals surface area contributed by atoms with Gasteiger partial charge in [-0.05, 0) is 54.8 Å². The standard InChI is InChI=1S/C28H28FN5O/c1-20-8-11-27(30-17-20)33-14-13-25-23(18-33)28(32-19-31-25)34(22-6-4-3-5-7-22)15-12-21-9-10-26(35-2)24(29)16-21/h3-11,16-17,19H,12-15,18H2,1-2H3. The monoisotopic (exact) mass is 469 g/mol. The van der Waals surface area contributed by atoms with E-state index in [4.69, 9.17) is 9.72 Å². The van der Waals surface area contributed by atoms with E-state index in [1.807, 2.05) is 37.4 Å². The highest BCUT2D eigenvalue weighted by molar-refractivity contribution is 5.65. The van der Waals surface area contributed by atoms with E-state index in [2.05, 4.69) is 44.0 Å². The molecular weight excluding hydrogens is 441 g/mol. The zero-order valence-corrected chi connectivity index (χ0v) is 20.0. The molecule has 0 radical (unpaired) electrons. The third-order valence-corrected chi connectivity index (χ3v) is 6.36. The summed E-state index contributed by atoms with van der Waals surface area (Å²) >= 11 is 0. The Morgan fingerprint density at radius 2 is 1.89 bits per heavy atom. The Hall–Kier alpha value is -4.00. The van der Waals surface area contributed by atoms with Crippen LogP contribution >= 0.6 is 0 Å². The third-order valence-electron chi connectivity index (χ3n) is 6.36. The van der Waals surface area contributed by atoms with Gasteiger partial charge in [0.2, 0.25) is 0 Å². The SMILES string of the molecule is COc1ccc(CCN(c2ccccc2)c2ncnc3c2CN(c2ccc(C)cn2)CC3)cc1F. The van der Waals surface area contributed by atoms with Crippen LogP contribution < -0.4 is 14.5 Å². The number of halogens is 1. The van der Waals surface area contributed by atoms with Gasteiger partial charge < -0.3 is 14.5 Å². The highest BCUT2D eigenvalue weighted by Crippen LogP contribution is 2.32. The van der Waals surface area contributed by atoms with Crippen molar-refractivity contribution in [3.8, 4) is 5.75 Å². The van der Waals surface area contributed by atoms with Crippen LogP contribution in [-0.4, -0.2) is 35.2 Å². The van der Waals surface area contributed by atoms with Crippen molar-refractivity contribution >= 4 is 17.3 Å². The van der Waals surface area contributed by atoms with E-state index in [1.54, 1.807) is 18.5 Å². The van der Waals surface area contributed by atoms with Gasteiger partial charge in [-0.15, -0.1) is 0 Å². The maximum absolute atomic E-state index is 14.3. The molecule has 1 aliphatic heterocycles. The summed E-state index contributed by atoms with van der Waals surface area (Å²) < 4.78 is 19.4. The fourth-order valence-electron chi connectivity index (χ4n) is 4.47. The molecule has 0 spiro atoms. The Morgan fingerprint density at radius 3 is 2.63 bits per heavy atom. The number of hydrogen-bond acceptors (Lipinski definition) is 6. The van der Waals surface area contributed by atoms with Crippen molar-refractivity contribution in [1.82, 2.24) is 15.0 Å². The molecule has 0 N–H and O–H groups in total. The Morgan fingerprint density at radius 1 is 1.03 bits per heavy atom. The summed E-state index contributed by atoms with van der Waals surface area (Å²) in [6.45, 7) is 4.22. The number of pyridine rings is 1. The minimum atomic E-state index is -0.350. The number of aromatic nitrogens is 3. The molecule has 2 aromatic heterocycles. The van der Waals surface area contributed by atoms with Gasteiger partial charge in [-0.1, -0.05) is 30.3 Å². The lowest BCUT2D eigenvalue weighted by atomic mass is 10.0. The molecule has 0 atom stereocenters. The summed E-state index contributed by atoms with van der Waals surface area (Å²) in [5, 5.41) is 0. The van der Waals surface area contributed by atoms with Crippen LogP contribution in [0.2, 0.25) is 0 Å². The summed E-state index contributed by atoms with van der Waals surface area (Å²) in [5.74, 6) is 1.74. The summed E-state index contributed by atoms with van der Waals surface area (Å²) in [7, 11) is 1.48. The second-order valence-corrected chi connectivity index (χ2v) is 8.69. The van der Waals surface area contributed by atoms with Crippen LogP contribution in [0.3, 0.4) is 0 Å². The van der Waals surface area contributed by atoms with Gasteiger partial charge in [0.05, 0.1) is 12.8 Å². The molecule has 4 aromatic rings. The van der Waals surface area contributed by atoms with Gasteiger partial charge in [0.25, 0.3) is 0 Å². The van der Waals surface area contributed by atoms with Gasteiger partial charge in [0.1, 0.15) is 18.0 Å². The zero-order valence-electron chi connectivity index (χ0n) is 20.0. The van der Waals surface area contributed by atoms with Gasteiger partial charge in [0, 0.05) is 43.5 Å². The van der Waals surface area contributed by atoms with Crippen LogP contribution in [0.1, 0.15) is 22.4 Å². The third kappa shape index (κ3) is 4.94. The molecule has 0 aliphatic carbocycles. The van der Waals surface area contributed by atoms with Gasteiger partial charge in [-0.25, -0.2) is 19.3 Å². The highest BCUT2D eigenvalue weighted by atomic mass is 19.1. The fourth-order valence-corrected chi connectivity index (χ4v) is 4.47. The largest absolute Gasteiger partial charge is 0.494 e. The van der Waals surface area contributed by atoms with Crippen molar-refractivity contribution in [3.05, 3.63) is 101 Å². The first-order valence-electron chi connectivity index (χ1n) is 11.8. The minimum absolute atomic E-state index is 0.253. The number of benzene rings is 2. The Labute approximate surface area is 205 Å². The van der Waals surface area contributed by atoms with Crippen molar-refractivity contribution in [1.29, 1.82) is 0 Å². The molecule has 0 unspecified atom stereocenters. The molecule has 5 rings (SSSR count). The van der Waals surface area contributed by atoms with Crippen molar-refractivity contribution in [2.45, 2.75) is 26.3 Å².